The molecule has 0 aromatic heterocycles. The van der Waals surface area contributed by atoms with E-state index in [4.69, 9.17) is 0 Å². The first-order valence-electron chi connectivity index (χ1n) is 9.54. The highest BCUT2D eigenvalue weighted by molar-refractivity contribution is 5.44. The third kappa shape index (κ3) is 4.07. The maximum atomic E-state index is 2.36. The molecule has 0 radical (unpaired) electrons. The molecule has 0 aliphatic rings. The van der Waals surface area contributed by atoms with Crippen molar-refractivity contribution in [3.05, 3.63) is 104 Å². The summed E-state index contributed by atoms with van der Waals surface area (Å²) in [6, 6.07) is 18.4. The Balaban J connectivity index is 1.92. The van der Waals surface area contributed by atoms with Crippen LogP contribution in [0.1, 0.15) is 55.6 Å². The quantitative estimate of drug-likeness (QED) is 0.494. The molecule has 0 unspecified atom stereocenters. The lowest BCUT2D eigenvalue weighted by Gasteiger charge is -2.15. The molecule has 0 atom stereocenters. The van der Waals surface area contributed by atoms with Gasteiger partial charge in [0.2, 0.25) is 0 Å². The van der Waals surface area contributed by atoms with Gasteiger partial charge in [-0.05, 0) is 104 Å². The summed E-state index contributed by atoms with van der Waals surface area (Å²) < 4.78 is 0. The number of rotatable bonds is 4. The minimum atomic E-state index is 1.01. The first-order valence-corrected chi connectivity index (χ1v) is 9.54. The predicted octanol–water partition coefficient (Wildman–Crippen LogP) is 6.72. The van der Waals surface area contributed by atoms with Crippen LogP contribution < -0.4 is 0 Å². The SMILES string of the molecule is Cc1cc(Cc2ccc(C)c(C)c2)c(C)c(Cc2ccc(C)c(C)c2)c1. The van der Waals surface area contributed by atoms with E-state index in [9.17, 15) is 0 Å². The van der Waals surface area contributed by atoms with Crippen LogP contribution in [-0.2, 0) is 12.8 Å². The maximum Gasteiger partial charge on any atom is -0.00228 e. The van der Waals surface area contributed by atoms with E-state index < -0.39 is 0 Å². The number of hydrogen-bond acceptors (Lipinski definition) is 0. The molecule has 0 aliphatic heterocycles. The zero-order valence-corrected chi connectivity index (χ0v) is 17.0. The molecule has 26 heavy (non-hydrogen) atoms. The molecule has 0 bridgehead atoms. The molecule has 0 heterocycles. The summed E-state index contributed by atoms with van der Waals surface area (Å²) in [6.45, 7) is 13.3. The highest BCUT2D eigenvalue weighted by Crippen LogP contribution is 2.24. The van der Waals surface area contributed by atoms with Crippen LogP contribution in [0.2, 0.25) is 0 Å². The lowest BCUT2D eigenvalue weighted by atomic mass is 9.90. The van der Waals surface area contributed by atoms with Crippen molar-refractivity contribution in [3.8, 4) is 0 Å². The second-order valence-corrected chi connectivity index (χ2v) is 7.90. The Kier molecular flexibility index (Phi) is 5.32. The van der Waals surface area contributed by atoms with E-state index in [2.05, 4.69) is 90.1 Å². The number of benzene rings is 3. The predicted molar refractivity (Wildman–Crippen MR) is 113 cm³/mol. The summed E-state index contributed by atoms with van der Waals surface area (Å²) in [7, 11) is 0. The van der Waals surface area contributed by atoms with Crippen molar-refractivity contribution in [3.63, 3.8) is 0 Å². The van der Waals surface area contributed by atoms with E-state index in [-0.39, 0.29) is 0 Å². The molecule has 0 saturated carbocycles. The Bertz CT molecular complexity index is 870. The van der Waals surface area contributed by atoms with E-state index in [0.29, 0.717) is 0 Å². The second-order valence-electron chi connectivity index (χ2n) is 7.90. The Labute approximate surface area is 158 Å². The molecule has 3 rings (SSSR count). The van der Waals surface area contributed by atoms with Gasteiger partial charge in [0.05, 0.1) is 0 Å². The molecule has 0 amide bonds. The maximum absolute atomic E-state index is 2.36. The molecular formula is C26H30. The highest BCUT2D eigenvalue weighted by Gasteiger charge is 2.09. The zero-order valence-electron chi connectivity index (χ0n) is 17.0. The fraction of sp³-hybridized carbons (Fsp3) is 0.308. The summed E-state index contributed by atoms with van der Waals surface area (Å²) in [5, 5.41) is 0. The molecule has 0 nitrogen and oxygen atoms in total. The van der Waals surface area contributed by atoms with Crippen molar-refractivity contribution in [2.75, 3.05) is 0 Å². The van der Waals surface area contributed by atoms with Crippen molar-refractivity contribution in [2.24, 2.45) is 0 Å². The van der Waals surface area contributed by atoms with E-state index in [0.717, 1.165) is 12.8 Å². The number of aryl methyl sites for hydroxylation is 5. The standard InChI is InChI=1S/C26H30/c1-17-11-25(15-23-9-7-18(2)20(4)13-23)22(6)26(12-17)16-24-10-8-19(3)21(5)14-24/h7-14H,15-16H2,1-6H3. The van der Waals surface area contributed by atoms with Gasteiger partial charge in [-0.25, -0.2) is 0 Å². The average Bonchev–Trinajstić information content (AvgIpc) is 2.58. The number of hydrogen-bond donors (Lipinski definition) is 0. The summed E-state index contributed by atoms with van der Waals surface area (Å²) in [5.41, 5.74) is 14.0. The topological polar surface area (TPSA) is 0 Å². The molecule has 3 aromatic rings. The minimum Gasteiger partial charge on any atom is -0.0588 e. The van der Waals surface area contributed by atoms with Crippen molar-refractivity contribution in [1.29, 1.82) is 0 Å². The van der Waals surface area contributed by atoms with Crippen LogP contribution >= 0.6 is 0 Å². The minimum absolute atomic E-state index is 1.01. The molecule has 0 fully saturated rings. The van der Waals surface area contributed by atoms with Gasteiger partial charge in [-0.1, -0.05) is 54.1 Å². The molecular weight excluding hydrogens is 312 g/mol. The van der Waals surface area contributed by atoms with Crippen LogP contribution in [0.25, 0.3) is 0 Å². The van der Waals surface area contributed by atoms with Crippen LogP contribution in [0.4, 0.5) is 0 Å². The first-order chi connectivity index (χ1) is 12.3. The van der Waals surface area contributed by atoms with E-state index in [1.165, 1.54) is 55.6 Å². The van der Waals surface area contributed by atoms with Gasteiger partial charge >= 0.3 is 0 Å². The van der Waals surface area contributed by atoms with E-state index in [1.54, 1.807) is 0 Å². The van der Waals surface area contributed by atoms with E-state index in [1.807, 2.05) is 0 Å². The van der Waals surface area contributed by atoms with Crippen LogP contribution in [0, 0.1) is 41.5 Å². The van der Waals surface area contributed by atoms with Gasteiger partial charge < -0.3 is 0 Å². The molecule has 0 heteroatoms. The smallest absolute Gasteiger partial charge is 0.00228 e. The summed E-state index contributed by atoms with van der Waals surface area (Å²) >= 11 is 0. The Hall–Kier alpha value is -2.34. The molecule has 0 N–H and O–H groups in total. The first kappa shape index (κ1) is 18.5. The van der Waals surface area contributed by atoms with Crippen molar-refractivity contribution in [2.45, 2.75) is 54.4 Å². The zero-order chi connectivity index (χ0) is 18.8. The largest absolute Gasteiger partial charge is 0.0588 e. The van der Waals surface area contributed by atoms with Crippen molar-refractivity contribution in [1.82, 2.24) is 0 Å². The molecule has 0 saturated heterocycles. The second kappa shape index (κ2) is 7.50. The monoisotopic (exact) mass is 342 g/mol. The summed E-state index contributed by atoms with van der Waals surface area (Å²) in [4.78, 5) is 0. The fourth-order valence-corrected chi connectivity index (χ4v) is 3.65. The van der Waals surface area contributed by atoms with Crippen molar-refractivity contribution < 1.29 is 0 Å². The van der Waals surface area contributed by atoms with Gasteiger partial charge in [-0.2, -0.15) is 0 Å². The van der Waals surface area contributed by atoms with Crippen molar-refractivity contribution >= 4 is 0 Å². The molecule has 0 spiro atoms. The van der Waals surface area contributed by atoms with Gasteiger partial charge in [0.15, 0.2) is 0 Å². The van der Waals surface area contributed by atoms with Gasteiger partial charge in [0.25, 0.3) is 0 Å². The fourth-order valence-electron chi connectivity index (χ4n) is 3.65. The molecule has 3 aromatic carbocycles. The van der Waals surface area contributed by atoms with Gasteiger partial charge in [0, 0.05) is 0 Å². The highest BCUT2D eigenvalue weighted by atomic mass is 14.1. The van der Waals surface area contributed by atoms with Crippen LogP contribution in [0.15, 0.2) is 48.5 Å². The third-order valence-corrected chi connectivity index (χ3v) is 5.70. The van der Waals surface area contributed by atoms with E-state index >= 15 is 0 Å². The van der Waals surface area contributed by atoms with Gasteiger partial charge in [-0.3, -0.25) is 0 Å². The molecule has 134 valence electrons. The van der Waals surface area contributed by atoms with Crippen LogP contribution in [0.3, 0.4) is 0 Å². The van der Waals surface area contributed by atoms with Gasteiger partial charge in [0.1, 0.15) is 0 Å². The average molecular weight is 343 g/mol. The lowest BCUT2D eigenvalue weighted by molar-refractivity contribution is 1.07. The normalized spacial score (nSPS) is 11.0. The third-order valence-electron chi connectivity index (χ3n) is 5.70. The van der Waals surface area contributed by atoms with Gasteiger partial charge in [-0.15, -0.1) is 0 Å². The Morgan fingerprint density at radius 1 is 0.500 bits per heavy atom. The lowest BCUT2D eigenvalue weighted by Crippen LogP contribution is -2.01. The summed E-state index contributed by atoms with van der Waals surface area (Å²) in [6.07, 6.45) is 2.02. The summed E-state index contributed by atoms with van der Waals surface area (Å²) in [5.74, 6) is 0. The Morgan fingerprint density at radius 2 is 0.923 bits per heavy atom. The van der Waals surface area contributed by atoms with Crippen LogP contribution in [0.5, 0.6) is 0 Å². The Morgan fingerprint density at radius 3 is 1.31 bits per heavy atom. The molecule has 0 aliphatic carbocycles. The van der Waals surface area contributed by atoms with Crippen LogP contribution in [-0.4, -0.2) is 0 Å².